The summed E-state index contributed by atoms with van der Waals surface area (Å²) < 4.78 is 6.39. The molecule has 0 atom stereocenters. The van der Waals surface area contributed by atoms with Crippen molar-refractivity contribution in [2.75, 3.05) is 25.1 Å². The maximum atomic E-state index is 11.7. The largest absolute Gasteiger partial charge is 0.463 e. The Morgan fingerprint density at radius 2 is 2.00 bits per heavy atom. The van der Waals surface area contributed by atoms with E-state index in [1.54, 1.807) is 4.52 Å². The van der Waals surface area contributed by atoms with Crippen LogP contribution in [0.25, 0.3) is 5.65 Å². The number of fused-ring (bicyclic) bond motifs is 1. The van der Waals surface area contributed by atoms with Crippen molar-refractivity contribution in [1.29, 1.82) is 0 Å². The first kappa shape index (κ1) is 16.6. The molecule has 1 aromatic carbocycles. The molecule has 0 amide bonds. The topological polar surface area (TPSA) is 59.7 Å². The van der Waals surface area contributed by atoms with Crippen LogP contribution in [0.15, 0.2) is 42.6 Å². The summed E-state index contributed by atoms with van der Waals surface area (Å²) in [6.45, 7) is 6.17. The maximum Gasteiger partial charge on any atom is 0.377 e. The highest BCUT2D eigenvalue weighted by Crippen LogP contribution is 2.40. The number of methoxy groups -OCH3 is 1. The van der Waals surface area contributed by atoms with Gasteiger partial charge in [0.05, 0.1) is 19.0 Å². The first-order valence-corrected chi connectivity index (χ1v) is 8.82. The zero-order valence-corrected chi connectivity index (χ0v) is 15.3. The molecular formula is C20H22N4O2. The highest BCUT2D eigenvalue weighted by atomic mass is 16.5. The van der Waals surface area contributed by atoms with Gasteiger partial charge in [-0.05, 0) is 30.5 Å². The van der Waals surface area contributed by atoms with Crippen LogP contribution >= 0.6 is 0 Å². The van der Waals surface area contributed by atoms with E-state index in [-0.39, 0.29) is 11.2 Å². The minimum atomic E-state index is -0.521. The van der Waals surface area contributed by atoms with Crippen LogP contribution in [-0.2, 0) is 10.2 Å². The van der Waals surface area contributed by atoms with E-state index < -0.39 is 5.97 Å². The van der Waals surface area contributed by atoms with Gasteiger partial charge < -0.3 is 9.64 Å². The number of carbonyl (C=O) groups excluding carboxylic acids is 1. The SMILES string of the molecule is CCC1(c2ccccc2)CN(c2cc(C)c3nc(C(=O)OC)nn3c2)C1. The van der Waals surface area contributed by atoms with Crippen LogP contribution in [0.4, 0.5) is 5.69 Å². The first-order chi connectivity index (χ1) is 12.6. The average molecular weight is 350 g/mol. The van der Waals surface area contributed by atoms with E-state index in [2.05, 4.69) is 58.3 Å². The third kappa shape index (κ3) is 2.53. The van der Waals surface area contributed by atoms with Crippen LogP contribution in [0.2, 0.25) is 0 Å². The molecule has 1 aliphatic heterocycles. The van der Waals surface area contributed by atoms with Gasteiger partial charge in [0.2, 0.25) is 0 Å². The summed E-state index contributed by atoms with van der Waals surface area (Å²) in [7, 11) is 1.33. The molecule has 0 unspecified atom stereocenters. The third-order valence-corrected chi connectivity index (χ3v) is 5.39. The molecule has 0 N–H and O–H groups in total. The summed E-state index contributed by atoms with van der Waals surface area (Å²) in [5.41, 5.74) is 4.35. The van der Waals surface area contributed by atoms with Crippen LogP contribution in [-0.4, -0.2) is 40.8 Å². The van der Waals surface area contributed by atoms with Gasteiger partial charge in [0, 0.05) is 18.5 Å². The molecule has 0 spiro atoms. The highest BCUT2D eigenvalue weighted by Gasteiger charge is 2.43. The molecule has 26 heavy (non-hydrogen) atoms. The fourth-order valence-corrected chi connectivity index (χ4v) is 3.75. The molecule has 1 aliphatic rings. The lowest BCUT2D eigenvalue weighted by Gasteiger charge is -2.51. The van der Waals surface area contributed by atoms with E-state index in [1.807, 2.05) is 13.1 Å². The van der Waals surface area contributed by atoms with Gasteiger partial charge in [0.1, 0.15) is 0 Å². The smallest absolute Gasteiger partial charge is 0.377 e. The number of benzene rings is 1. The number of aromatic nitrogens is 3. The van der Waals surface area contributed by atoms with Gasteiger partial charge in [-0.25, -0.2) is 14.3 Å². The van der Waals surface area contributed by atoms with Gasteiger partial charge in [0.25, 0.3) is 5.82 Å². The lowest BCUT2D eigenvalue weighted by atomic mass is 9.71. The minimum Gasteiger partial charge on any atom is -0.463 e. The summed E-state index contributed by atoms with van der Waals surface area (Å²) in [6, 6.07) is 12.8. The molecule has 3 heterocycles. The number of pyridine rings is 1. The number of hydrogen-bond donors (Lipinski definition) is 0. The second-order valence-corrected chi connectivity index (χ2v) is 6.93. The fraction of sp³-hybridized carbons (Fsp3) is 0.350. The summed E-state index contributed by atoms with van der Waals surface area (Å²) in [6.07, 6.45) is 3.04. The van der Waals surface area contributed by atoms with Crippen molar-refractivity contribution >= 4 is 17.3 Å². The Labute approximate surface area is 152 Å². The zero-order valence-electron chi connectivity index (χ0n) is 15.3. The Kier molecular flexibility index (Phi) is 3.90. The number of anilines is 1. The third-order valence-electron chi connectivity index (χ3n) is 5.39. The Bertz CT molecular complexity index is 959. The summed E-state index contributed by atoms with van der Waals surface area (Å²) in [5, 5.41) is 4.26. The summed E-state index contributed by atoms with van der Waals surface area (Å²) >= 11 is 0. The van der Waals surface area contributed by atoms with Gasteiger partial charge in [-0.1, -0.05) is 37.3 Å². The van der Waals surface area contributed by atoms with Crippen molar-refractivity contribution in [2.45, 2.75) is 25.7 Å². The van der Waals surface area contributed by atoms with E-state index in [1.165, 1.54) is 12.7 Å². The minimum absolute atomic E-state index is 0.0866. The Balaban J connectivity index is 1.63. The number of aryl methyl sites for hydroxylation is 1. The second-order valence-electron chi connectivity index (χ2n) is 6.93. The van der Waals surface area contributed by atoms with Crippen molar-refractivity contribution in [1.82, 2.24) is 14.6 Å². The van der Waals surface area contributed by atoms with Crippen molar-refractivity contribution in [3.8, 4) is 0 Å². The van der Waals surface area contributed by atoms with E-state index in [0.717, 1.165) is 30.8 Å². The predicted molar refractivity (Wildman–Crippen MR) is 99.7 cm³/mol. The first-order valence-electron chi connectivity index (χ1n) is 8.82. The van der Waals surface area contributed by atoms with E-state index >= 15 is 0 Å². The molecule has 1 saturated heterocycles. The molecule has 0 saturated carbocycles. The Morgan fingerprint density at radius 3 is 2.65 bits per heavy atom. The monoisotopic (exact) mass is 350 g/mol. The zero-order chi connectivity index (χ0) is 18.3. The molecule has 6 heteroatoms. The number of ether oxygens (including phenoxy) is 1. The van der Waals surface area contributed by atoms with E-state index in [0.29, 0.717) is 5.65 Å². The number of carbonyl (C=O) groups is 1. The summed E-state index contributed by atoms with van der Waals surface area (Å²) in [4.78, 5) is 18.3. The number of esters is 1. The van der Waals surface area contributed by atoms with Gasteiger partial charge in [-0.15, -0.1) is 5.10 Å². The van der Waals surface area contributed by atoms with Gasteiger partial charge in [-0.2, -0.15) is 0 Å². The number of hydrogen-bond acceptors (Lipinski definition) is 5. The standard InChI is InChI=1S/C20H22N4O2/c1-4-20(15-8-6-5-7-9-15)12-23(13-20)16-10-14(2)18-21-17(19(25)26-3)22-24(18)11-16/h5-11H,4,12-13H2,1-3H3. The van der Waals surface area contributed by atoms with Gasteiger partial charge in [0.15, 0.2) is 5.65 Å². The Hall–Kier alpha value is -2.89. The molecule has 0 radical (unpaired) electrons. The molecule has 4 rings (SSSR count). The molecule has 2 aromatic heterocycles. The quantitative estimate of drug-likeness (QED) is 0.677. The highest BCUT2D eigenvalue weighted by molar-refractivity contribution is 5.85. The van der Waals surface area contributed by atoms with Crippen molar-refractivity contribution in [2.24, 2.45) is 0 Å². The Morgan fingerprint density at radius 1 is 1.27 bits per heavy atom. The lowest BCUT2D eigenvalue weighted by molar-refractivity contribution is 0.0587. The molecule has 6 nitrogen and oxygen atoms in total. The van der Waals surface area contributed by atoms with Crippen LogP contribution in [0.1, 0.15) is 35.1 Å². The van der Waals surface area contributed by atoms with Gasteiger partial charge in [-0.3, -0.25) is 0 Å². The van der Waals surface area contributed by atoms with Crippen LogP contribution in [0.5, 0.6) is 0 Å². The molecule has 0 bridgehead atoms. The number of rotatable bonds is 4. The fourth-order valence-electron chi connectivity index (χ4n) is 3.75. The predicted octanol–water partition coefficient (Wildman–Crippen LogP) is 2.99. The van der Waals surface area contributed by atoms with E-state index in [4.69, 9.17) is 4.74 Å². The molecule has 134 valence electrons. The molecule has 1 fully saturated rings. The van der Waals surface area contributed by atoms with Crippen molar-refractivity contribution < 1.29 is 9.53 Å². The molecule has 0 aliphatic carbocycles. The van der Waals surface area contributed by atoms with Crippen molar-refractivity contribution in [3.05, 3.63) is 59.5 Å². The van der Waals surface area contributed by atoms with E-state index in [9.17, 15) is 4.79 Å². The van der Waals surface area contributed by atoms with Crippen LogP contribution in [0.3, 0.4) is 0 Å². The van der Waals surface area contributed by atoms with Crippen LogP contribution in [0, 0.1) is 6.92 Å². The molecular weight excluding hydrogens is 328 g/mol. The number of nitrogens with zero attached hydrogens (tertiary/aromatic N) is 4. The second kappa shape index (κ2) is 6.12. The molecule has 3 aromatic rings. The summed E-state index contributed by atoms with van der Waals surface area (Å²) in [5.74, 6) is -0.434. The normalized spacial score (nSPS) is 15.7. The van der Waals surface area contributed by atoms with Gasteiger partial charge >= 0.3 is 5.97 Å². The lowest BCUT2D eigenvalue weighted by Crippen LogP contribution is -2.59. The average Bonchev–Trinajstić information content (AvgIpc) is 3.06. The van der Waals surface area contributed by atoms with Crippen LogP contribution < -0.4 is 4.90 Å². The maximum absolute atomic E-state index is 11.7. The van der Waals surface area contributed by atoms with Crippen molar-refractivity contribution in [3.63, 3.8) is 0 Å².